The first kappa shape index (κ1) is 17.2. The molecule has 2 heteroatoms. The third kappa shape index (κ3) is 4.92. The van der Waals surface area contributed by atoms with Crippen LogP contribution in [-0.2, 0) is 6.42 Å². The van der Waals surface area contributed by atoms with Crippen molar-refractivity contribution in [3.8, 4) is 0 Å². The van der Waals surface area contributed by atoms with Crippen LogP contribution in [0.15, 0.2) is 24.3 Å². The maximum absolute atomic E-state index is 6.36. The molecule has 20 heavy (non-hydrogen) atoms. The summed E-state index contributed by atoms with van der Waals surface area (Å²) in [5.74, 6) is 0.700. The van der Waals surface area contributed by atoms with Crippen molar-refractivity contribution in [1.29, 1.82) is 0 Å². The first-order valence-corrected chi connectivity index (χ1v) is 7.82. The maximum atomic E-state index is 6.36. The van der Waals surface area contributed by atoms with Crippen molar-refractivity contribution in [1.82, 2.24) is 4.90 Å². The van der Waals surface area contributed by atoms with Gasteiger partial charge in [0.15, 0.2) is 0 Å². The fraction of sp³-hybridized carbons (Fsp3) is 0.667. The van der Waals surface area contributed by atoms with Crippen LogP contribution in [0.5, 0.6) is 0 Å². The molecule has 0 aliphatic carbocycles. The summed E-state index contributed by atoms with van der Waals surface area (Å²) in [6.45, 7) is 12.2. The Kier molecular flexibility index (Phi) is 6.22. The predicted octanol–water partition coefficient (Wildman–Crippen LogP) is 4.01. The number of nitrogens with two attached hydrogens (primary N) is 1. The average Bonchev–Trinajstić information content (AvgIpc) is 2.38. The van der Waals surface area contributed by atoms with Crippen molar-refractivity contribution < 1.29 is 0 Å². The van der Waals surface area contributed by atoms with Crippen LogP contribution in [0.1, 0.15) is 58.2 Å². The third-order valence-electron chi connectivity index (χ3n) is 4.42. The second-order valence-electron chi connectivity index (χ2n) is 6.99. The van der Waals surface area contributed by atoms with E-state index in [2.05, 4.69) is 70.8 Å². The lowest BCUT2D eigenvalue weighted by Crippen LogP contribution is -2.44. The predicted molar refractivity (Wildman–Crippen MR) is 88.9 cm³/mol. The van der Waals surface area contributed by atoms with Gasteiger partial charge in [0.25, 0.3) is 0 Å². The SMILES string of the molecule is CCC(C)(C)N(C)CC(N)c1ccc(CC(C)C)cc1. The highest BCUT2D eigenvalue weighted by Crippen LogP contribution is 2.21. The van der Waals surface area contributed by atoms with E-state index in [-0.39, 0.29) is 11.6 Å². The summed E-state index contributed by atoms with van der Waals surface area (Å²) < 4.78 is 0. The smallest absolute Gasteiger partial charge is 0.0424 e. The second-order valence-corrected chi connectivity index (χ2v) is 6.99. The van der Waals surface area contributed by atoms with Gasteiger partial charge < -0.3 is 5.73 Å². The van der Waals surface area contributed by atoms with Crippen LogP contribution in [0.2, 0.25) is 0 Å². The minimum atomic E-state index is 0.0823. The number of likely N-dealkylation sites (N-methyl/N-ethyl adjacent to an activating group) is 1. The fourth-order valence-electron chi connectivity index (χ4n) is 2.29. The van der Waals surface area contributed by atoms with E-state index in [0.29, 0.717) is 5.92 Å². The summed E-state index contributed by atoms with van der Waals surface area (Å²) in [7, 11) is 2.16. The van der Waals surface area contributed by atoms with Crippen molar-refractivity contribution >= 4 is 0 Å². The van der Waals surface area contributed by atoms with E-state index in [1.807, 2.05) is 0 Å². The highest BCUT2D eigenvalue weighted by molar-refractivity contribution is 5.25. The molecular formula is C18H32N2. The Labute approximate surface area is 125 Å². The Balaban J connectivity index is 2.66. The van der Waals surface area contributed by atoms with Crippen LogP contribution in [-0.4, -0.2) is 24.0 Å². The maximum Gasteiger partial charge on any atom is 0.0424 e. The van der Waals surface area contributed by atoms with Gasteiger partial charge in [-0.15, -0.1) is 0 Å². The van der Waals surface area contributed by atoms with Crippen LogP contribution >= 0.6 is 0 Å². The summed E-state index contributed by atoms with van der Waals surface area (Å²) in [4.78, 5) is 2.36. The van der Waals surface area contributed by atoms with Crippen LogP contribution in [0, 0.1) is 5.92 Å². The van der Waals surface area contributed by atoms with E-state index in [1.165, 1.54) is 11.1 Å². The van der Waals surface area contributed by atoms with Crippen molar-refractivity contribution in [2.24, 2.45) is 11.7 Å². The van der Waals surface area contributed by atoms with E-state index in [0.717, 1.165) is 19.4 Å². The van der Waals surface area contributed by atoms with Crippen LogP contribution in [0.3, 0.4) is 0 Å². The fourth-order valence-corrected chi connectivity index (χ4v) is 2.29. The van der Waals surface area contributed by atoms with Gasteiger partial charge in [0, 0.05) is 18.1 Å². The molecule has 0 radical (unpaired) electrons. The highest BCUT2D eigenvalue weighted by Gasteiger charge is 2.23. The molecule has 0 heterocycles. The van der Waals surface area contributed by atoms with Gasteiger partial charge >= 0.3 is 0 Å². The van der Waals surface area contributed by atoms with E-state index in [9.17, 15) is 0 Å². The minimum Gasteiger partial charge on any atom is -0.323 e. The average molecular weight is 276 g/mol. The summed E-state index contributed by atoms with van der Waals surface area (Å²) in [6, 6.07) is 8.91. The molecule has 2 N–H and O–H groups in total. The Bertz CT molecular complexity index is 392. The summed E-state index contributed by atoms with van der Waals surface area (Å²) in [6.07, 6.45) is 2.27. The highest BCUT2D eigenvalue weighted by atomic mass is 15.2. The van der Waals surface area contributed by atoms with Crippen LogP contribution in [0.4, 0.5) is 0 Å². The van der Waals surface area contributed by atoms with Crippen molar-refractivity contribution in [2.45, 2.75) is 59.0 Å². The van der Waals surface area contributed by atoms with Gasteiger partial charge in [0.05, 0.1) is 0 Å². The monoisotopic (exact) mass is 276 g/mol. The molecule has 1 aromatic carbocycles. The lowest BCUT2D eigenvalue weighted by Gasteiger charge is -2.36. The molecule has 0 saturated heterocycles. The Morgan fingerprint density at radius 3 is 2.15 bits per heavy atom. The normalized spacial score (nSPS) is 14.1. The van der Waals surface area contributed by atoms with Gasteiger partial charge in [-0.2, -0.15) is 0 Å². The molecule has 0 saturated carbocycles. The molecule has 0 aromatic heterocycles. The molecule has 0 amide bonds. The van der Waals surface area contributed by atoms with Crippen LogP contribution < -0.4 is 5.73 Å². The number of benzene rings is 1. The van der Waals surface area contributed by atoms with Gasteiger partial charge in [-0.25, -0.2) is 0 Å². The van der Waals surface area contributed by atoms with Crippen molar-refractivity contribution in [3.63, 3.8) is 0 Å². The molecule has 0 bridgehead atoms. The Morgan fingerprint density at radius 2 is 1.70 bits per heavy atom. The first-order valence-electron chi connectivity index (χ1n) is 7.82. The molecule has 0 fully saturated rings. The molecule has 1 aromatic rings. The van der Waals surface area contributed by atoms with E-state index < -0.39 is 0 Å². The van der Waals surface area contributed by atoms with E-state index in [1.54, 1.807) is 0 Å². The van der Waals surface area contributed by atoms with Gasteiger partial charge in [-0.05, 0) is 50.8 Å². The molecule has 2 nitrogen and oxygen atoms in total. The van der Waals surface area contributed by atoms with E-state index >= 15 is 0 Å². The van der Waals surface area contributed by atoms with Gasteiger partial charge in [0.2, 0.25) is 0 Å². The van der Waals surface area contributed by atoms with Crippen molar-refractivity contribution in [3.05, 3.63) is 35.4 Å². The van der Waals surface area contributed by atoms with Crippen molar-refractivity contribution in [2.75, 3.05) is 13.6 Å². The standard InChI is InChI=1S/C18H32N2/c1-7-18(4,5)20(6)13-17(19)16-10-8-15(9-11-16)12-14(2)3/h8-11,14,17H,7,12-13,19H2,1-6H3. The number of hydrogen-bond donors (Lipinski definition) is 1. The summed E-state index contributed by atoms with van der Waals surface area (Å²) in [5, 5.41) is 0. The lowest BCUT2D eigenvalue weighted by molar-refractivity contribution is 0.142. The number of nitrogens with zero attached hydrogens (tertiary/aromatic N) is 1. The van der Waals surface area contributed by atoms with Gasteiger partial charge in [0.1, 0.15) is 0 Å². The van der Waals surface area contributed by atoms with Crippen LogP contribution in [0.25, 0.3) is 0 Å². The zero-order chi connectivity index (χ0) is 15.3. The zero-order valence-corrected chi connectivity index (χ0v) is 14.1. The summed E-state index contributed by atoms with van der Waals surface area (Å²) in [5.41, 5.74) is 9.19. The van der Waals surface area contributed by atoms with Gasteiger partial charge in [-0.1, -0.05) is 45.0 Å². The molecular weight excluding hydrogens is 244 g/mol. The Hall–Kier alpha value is -0.860. The summed E-state index contributed by atoms with van der Waals surface area (Å²) >= 11 is 0. The second kappa shape index (κ2) is 7.24. The molecule has 0 aliphatic rings. The van der Waals surface area contributed by atoms with Gasteiger partial charge in [-0.3, -0.25) is 4.90 Å². The molecule has 1 unspecified atom stereocenters. The topological polar surface area (TPSA) is 29.3 Å². The molecule has 0 spiro atoms. The van der Waals surface area contributed by atoms with E-state index in [4.69, 9.17) is 5.73 Å². The minimum absolute atomic E-state index is 0.0823. The molecule has 1 rings (SSSR count). The number of rotatable bonds is 7. The molecule has 1 atom stereocenters. The Morgan fingerprint density at radius 1 is 1.15 bits per heavy atom. The number of hydrogen-bond acceptors (Lipinski definition) is 2. The molecule has 114 valence electrons. The zero-order valence-electron chi connectivity index (χ0n) is 14.1. The third-order valence-corrected chi connectivity index (χ3v) is 4.42. The lowest BCUT2D eigenvalue weighted by atomic mass is 9.97. The molecule has 0 aliphatic heterocycles. The first-order chi connectivity index (χ1) is 9.26. The largest absolute Gasteiger partial charge is 0.323 e. The quantitative estimate of drug-likeness (QED) is 0.815.